The van der Waals surface area contributed by atoms with Gasteiger partial charge in [-0.1, -0.05) is 35.9 Å². The number of rotatable bonds is 2. The molecule has 4 rings (SSSR count). The van der Waals surface area contributed by atoms with Gasteiger partial charge in [0, 0.05) is 24.2 Å². The van der Waals surface area contributed by atoms with Crippen LogP contribution in [0.2, 0.25) is 0 Å². The largest absolute Gasteiger partial charge is 0.318 e. The van der Waals surface area contributed by atoms with E-state index in [1.165, 1.54) is 4.31 Å². The topological polar surface area (TPSA) is 57.7 Å². The van der Waals surface area contributed by atoms with Crippen molar-refractivity contribution in [2.24, 2.45) is 0 Å². The first-order valence-corrected chi connectivity index (χ1v) is 9.42. The van der Waals surface area contributed by atoms with E-state index in [2.05, 4.69) is 0 Å². The standard InChI is InChI=1S/C18H18N2O3S/c1-13-7-9-14(10-8-13)24(22,23)20-12-4-11-19-17(20)15-5-2-3-6-16(15)18(19)21/h2-3,5-10,17H,4,11-12H2,1H3. The molecule has 24 heavy (non-hydrogen) atoms. The molecule has 1 amide bonds. The van der Waals surface area contributed by atoms with Crippen molar-refractivity contribution in [1.82, 2.24) is 9.21 Å². The van der Waals surface area contributed by atoms with Crippen molar-refractivity contribution >= 4 is 15.9 Å². The molecule has 2 aliphatic rings. The molecule has 0 aromatic heterocycles. The van der Waals surface area contributed by atoms with Crippen LogP contribution in [0.5, 0.6) is 0 Å². The van der Waals surface area contributed by atoms with Gasteiger partial charge in [-0.25, -0.2) is 8.42 Å². The van der Waals surface area contributed by atoms with Crippen LogP contribution in [0.3, 0.4) is 0 Å². The fourth-order valence-electron chi connectivity index (χ4n) is 3.50. The Balaban J connectivity index is 1.81. The Hall–Kier alpha value is -2.18. The highest BCUT2D eigenvalue weighted by atomic mass is 32.2. The third-order valence-corrected chi connectivity index (χ3v) is 6.57. The number of hydrogen-bond acceptors (Lipinski definition) is 3. The molecule has 0 radical (unpaired) electrons. The van der Waals surface area contributed by atoms with E-state index in [9.17, 15) is 13.2 Å². The summed E-state index contributed by atoms with van der Waals surface area (Å²) in [6.45, 7) is 2.92. The molecule has 1 fully saturated rings. The highest BCUT2D eigenvalue weighted by molar-refractivity contribution is 7.89. The van der Waals surface area contributed by atoms with Crippen LogP contribution in [0, 0.1) is 6.92 Å². The lowest BCUT2D eigenvalue weighted by molar-refractivity contribution is 0.0470. The van der Waals surface area contributed by atoms with Crippen molar-refractivity contribution in [3.8, 4) is 0 Å². The van der Waals surface area contributed by atoms with Crippen LogP contribution >= 0.6 is 0 Å². The maximum Gasteiger partial charge on any atom is 0.255 e. The van der Waals surface area contributed by atoms with Crippen LogP contribution in [-0.4, -0.2) is 36.6 Å². The fraction of sp³-hybridized carbons (Fsp3) is 0.278. The number of carbonyl (C=O) groups is 1. The summed E-state index contributed by atoms with van der Waals surface area (Å²) in [7, 11) is -3.66. The number of aryl methyl sites for hydroxylation is 1. The molecule has 1 unspecified atom stereocenters. The Morgan fingerprint density at radius 1 is 1.00 bits per heavy atom. The molecule has 1 saturated heterocycles. The van der Waals surface area contributed by atoms with Crippen molar-refractivity contribution < 1.29 is 13.2 Å². The molecule has 0 aliphatic carbocycles. The zero-order valence-electron chi connectivity index (χ0n) is 13.3. The van der Waals surface area contributed by atoms with Gasteiger partial charge in [0.15, 0.2) is 0 Å². The van der Waals surface area contributed by atoms with Crippen LogP contribution in [-0.2, 0) is 10.0 Å². The molecule has 0 spiro atoms. The lowest BCUT2D eigenvalue weighted by Gasteiger charge is -2.39. The number of amides is 1. The van der Waals surface area contributed by atoms with E-state index in [-0.39, 0.29) is 10.8 Å². The molecule has 0 N–H and O–H groups in total. The van der Waals surface area contributed by atoms with Crippen LogP contribution < -0.4 is 0 Å². The SMILES string of the molecule is Cc1ccc(S(=O)(=O)N2CCCN3C(=O)c4ccccc4C32)cc1. The van der Waals surface area contributed by atoms with E-state index < -0.39 is 16.2 Å². The second-order valence-electron chi connectivity index (χ2n) is 6.24. The second-order valence-corrected chi connectivity index (χ2v) is 8.13. The number of carbonyl (C=O) groups excluding carboxylic acids is 1. The van der Waals surface area contributed by atoms with Crippen molar-refractivity contribution in [3.63, 3.8) is 0 Å². The highest BCUT2D eigenvalue weighted by Crippen LogP contribution is 2.41. The second kappa shape index (κ2) is 5.43. The first kappa shape index (κ1) is 15.4. The first-order chi connectivity index (χ1) is 11.5. The van der Waals surface area contributed by atoms with Crippen LogP contribution in [0.4, 0.5) is 0 Å². The van der Waals surface area contributed by atoms with E-state index in [1.807, 2.05) is 25.1 Å². The van der Waals surface area contributed by atoms with Crippen LogP contribution in [0.25, 0.3) is 0 Å². The van der Waals surface area contributed by atoms with Gasteiger partial charge in [-0.3, -0.25) is 4.79 Å². The normalized spacial score (nSPS) is 20.8. The van der Waals surface area contributed by atoms with E-state index in [0.717, 1.165) is 11.1 Å². The first-order valence-electron chi connectivity index (χ1n) is 7.98. The Morgan fingerprint density at radius 2 is 1.71 bits per heavy atom. The molecule has 6 heteroatoms. The smallest absolute Gasteiger partial charge is 0.255 e. The zero-order chi connectivity index (χ0) is 16.9. The Labute approximate surface area is 141 Å². The molecular formula is C18H18N2O3S. The van der Waals surface area contributed by atoms with Gasteiger partial charge in [0.05, 0.1) is 4.90 Å². The summed E-state index contributed by atoms with van der Waals surface area (Å²) < 4.78 is 27.8. The van der Waals surface area contributed by atoms with Gasteiger partial charge < -0.3 is 4.90 Å². The van der Waals surface area contributed by atoms with E-state index >= 15 is 0 Å². The van der Waals surface area contributed by atoms with Gasteiger partial charge in [-0.05, 0) is 31.5 Å². The lowest BCUT2D eigenvalue weighted by Crippen LogP contribution is -2.48. The van der Waals surface area contributed by atoms with Gasteiger partial charge in [-0.2, -0.15) is 4.31 Å². The molecule has 1 atom stereocenters. The average Bonchev–Trinajstić information content (AvgIpc) is 2.89. The quantitative estimate of drug-likeness (QED) is 0.843. The molecule has 0 saturated carbocycles. The van der Waals surface area contributed by atoms with Gasteiger partial charge in [-0.15, -0.1) is 0 Å². The molecule has 0 bridgehead atoms. The van der Waals surface area contributed by atoms with Crippen LogP contribution in [0.1, 0.15) is 34.1 Å². The Bertz CT molecular complexity index is 906. The maximum absolute atomic E-state index is 13.1. The van der Waals surface area contributed by atoms with Crippen molar-refractivity contribution in [1.29, 1.82) is 0 Å². The third-order valence-electron chi connectivity index (χ3n) is 4.70. The highest BCUT2D eigenvalue weighted by Gasteiger charge is 2.46. The molecule has 124 valence electrons. The minimum Gasteiger partial charge on any atom is -0.318 e. The van der Waals surface area contributed by atoms with Gasteiger partial charge in [0.1, 0.15) is 6.17 Å². The number of sulfonamides is 1. The number of benzene rings is 2. The summed E-state index contributed by atoms with van der Waals surface area (Å²) in [6, 6.07) is 14.1. The number of fused-ring (bicyclic) bond motifs is 3. The third kappa shape index (κ3) is 2.17. The monoisotopic (exact) mass is 342 g/mol. The van der Waals surface area contributed by atoms with Crippen molar-refractivity contribution in [2.75, 3.05) is 13.1 Å². The van der Waals surface area contributed by atoms with E-state index in [0.29, 0.717) is 25.1 Å². The van der Waals surface area contributed by atoms with Crippen LogP contribution in [0.15, 0.2) is 53.4 Å². The molecule has 2 aromatic carbocycles. The fourth-order valence-corrected chi connectivity index (χ4v) is 5.11. The summed E-state index contributed by atoms with van der Waals surface area (Å²) >= 11 is 0. The summed E-state index contributed by atoms with van der Waals surface area (Å²) in [6.07, 6.45) is 0.107. The average molecular weight is 342 g/mol. The molecular weight excluding hydrogens is 324 g/mol. The number of hydrogen-bond donors (Lipinski definition) is 0. The van der Waals surface area contributed by atoms with E-state index in [1.54, 1.807) is 35.2 Å². The number of nitrogens with zero attached hydrogens (tertiary/aromatic N) is 2. The minimum absolute atomic E-state index is 0.0839. The Morgan fingerprint density at radius 3 is 2.46 bits per heavy atom. The van der Waals surface area contributed by atoms with Gasteiger partial charge >= 0.3 is 0 Å². The zero-order valence-corrected chi connectivity index (χ0v) is 14.2. The van der Waals surface area contributed by atoms with Gasteiger partial charge in [0.25, 0.3) is 5.91 Å². The summed E-state index contributed by atoms with van der Waals surface area (Å²) in [5, 5.41) is 0. The predicted octanol–water partition coefficient (Wildman–Crippen LogP) is 2.54. The predicted molar refractivity (Wildman–Crippen MR) is 89.9 cm³/mol. The molecule has 5 nitrogen and oxygen atoms in total. The minimum atomic E-state index is -3.66. The van der Waals surface area contributed by atoms with Crippen molar-refractivity contribution in [2.45, 2.75) is 24.4 Å². The van der Waals surface area contributed by atoms with Crippen molar-refractivity contribution in [3.05, 3.63) is 65.2 Å². The summed E-state index contributed by atoms with van der Waals surface area (Å²) in [4.78, 5) is 14.5. The summed E-state index contributed by atoms with van der Waals surface area (Å²) in [5.41, 5.74) is 2.39. The lowest BCUT2D eigenvalue weighted by atomic mass is 10.1. The van der Waals surface area contributed by atoms with Gasteiger partial charge in [0.2, 0.25) is 10.0 Å². The van der Waals surface area contributed by atoms with E-state index in [4.69, 9.17) is 0 Å². The molecule has 2 aromatic rings. The summed E-state index contributed by atoms with van der Waals surface area (Å²) in [5.74, 6) is -0.0839. The Kier molecular flexibility index (Phi) is 3.47. The molecule has 2 heterocycles. The maximum atomic E-state index is 13.1. The molecule has 2 aliphatic heterocycles.